The molecule has 0 saturated heterocycles. The Bertz CT molecular complexity index is 557. The molecule has 0 fully saturated rings. The van der Waals surface area contributed by atoms with Gasteiger partial charge < -0.3 is 10.5 Å². The first-order valence-electron chi connectivity index (χ1n) is 7.15. The van der Waals surface area contributed by atoms with Crippen molar-refractivity contribution >= 4 is 0 Å². The molecule has 2 N–H and O–H groups in total. The van der Waals surface area contributed by atoms with Crippen LogP contribution in [0.5, 0.6) is 5.75 Å². The molecule has 0 bridgehead atoms. The summed E-state index contributed by atoms with van der Waals surface area (Å²) in [5.74, 6) is 0.891. The molecule has 1 atom stereocenters. The van der Waals surface area contributed by atoms with Crippen molar-refractivity contribution in [2.24, 2.45) is 5.73 Å². The van der Waals surface area contributed by atoms with Gasteiger partial charge in [0.25, 0.3) is 0 Å². The molecule has 0 spiro atoms. The summed E-state index contributed by atoms with van der Waals surface area (Å²) in [7, 11) is 0. The maximum atomic E-state index is 6.37. The monoisotopic (exact) mass is 269 g/mol. The zero-order valence-electron chi connectivity index (χ0n) is 12.5. The molecule has 2 nitrogen and oxygen atoms in total. The maximum Gasteiger partial charge on any atom is 0.119 e. The molecule has 0 aliphatic rings. The molecule has 2 aromatic rings. The van der Waals surface area contributed by atoms with E-state index in [1.54, 1.807) is 0 Å². The van der Waals surface area contributed by atoms with E-state index in [9.17, 15) is 0 Å². The Hall–Kier alpha value is -1.80. The van der Waals surface area contributed by atoms with E-state index in [1.165, 1.54) is 16.7 Å². The molecule has 0 heterocycles. The van der Waals surface area contributed by atoms with Gasteiger partial charge in [0.2, 0.25) is 0 Å². The van der Waals surface area contributed by atoms with Crippen LogP contribution >= 0.6 is 0 Å². The standard InChI is InChI=1S/C18H23NO/c1-4-20-16-10-6-9-15(11-16)18(19)12-17-13(2)7-5-8-14(17)3/h5-11,18H,4,12,19H2,1-3H3. The SMILES string of the molecule is CCOc1cccc(C(N)Cc2c(C)cccc2C)c1. The van der Waals surface area contributed by atoms with Crippen LogP contribution in [0, 0.1) is 13.8 Å². The van der Waals surface area contributed by atoms with Crippen molar-refractivity contribution < 1.29 is 4.74 Å². The third-order valence-electron chi connectivity index (χ3n) is 3.67. The smallest absolute Gasteiger partial charge is 0.119 e. The fraction of sp³-hybridized carbons (Fsp3) is 0.333. The minimum absolute atomic E-state index is 0.00444. The largest absolute Gasteiger partial charge is 0.494 e. The summed E-state index contributed by atoms with van der Waals surface area (Å²) in [6, 6.07) is 14.5. The Morgan fingerprint density at radius 2 is 1.70 bits per heavy atom. The molecule has 2 rings (SSSR count). The van der Waals surface area contributed by atoms with Crippen molar-refractivity contribution in [3.63, 3.8) is 0 Å². The zero-order chi connectivity index (χ0) is 14.5. The van der Waals surface area contributed by atoms with Gasteiger partial charge in [0, 0.05) is 6.04 Å². The van der Waals surface area contributed by atoms with Crippen molar-refractivity contribution in [1.29, 1.82) is 0 Å². The molecule has 0 aliphatic heterocycles. The molecule has 0 aromatic heterocycles. The second-order valence-corrected chi connectivity index (χ2v) is 5.19. The van der Waals surface area contributed by atoms with Crippen LogP contribution in [0.25, 0.3) is 0 Å². The second kappa shape index (κ2) is 6.58. The van der Waals surface area contributed by atoms with Crippen LogP contribution in [0.3, 0.4) is 0 Å². The molecule has 106 valence electrons. The van der Waals surface area contributed by atoms with Crippen LogP contribution in [0.2, 0.25) is 0 Å². The first-order valence-corrected chi connectivity index (χ1v) is 7.15. The Morgan fingerprint density at radius 3 is 2.35 bits per heavy atom. The van der Waals surface area contributed by atoms with E-state index >= 15 is 0 Å². The third kappa shape index (κ3) is 3.40. The highest BCUT2D eigenvalue weighted by Gasteiger charge is 2.11. The highest BCUT2D eigenvalue weighted by Crippen LogP contribution is 2.24. The van der Waals surface area contributed by atoms with Crippen LogP contribution in [0.1, 0.15) is 35.2 Å². The molecule has 0 amide bonds. The number of ether oxygens (including phenoxy) is 1. The molecule has 20 heavy (non-hydrogen) atoms. The summed E-state index contributed by atoms with van der Waals surface area (Å²) in [6.45, 7) is 6.95. The van der Waals surface area contributed by atoms with Crippen LogP contribution in [0.4, 0.5) is 0 Å². The summed E-state index contributed by atoms with van der Waals surface area (Å²) in [5, 5.41) is 0. The van der Waals surface area contributed by atoms with Gasteiger partial charge in [0.15, 0.2) is 0 Å². The summed E-state index contributed by atoms with van der Waals surface area (Å²) in [5.41, 5.74) is 11.5. The Kier molecular flexibility index (Phi) is 4.80. The molecular formula is C18H23NO. The molecule has 2 heteroatoms. The van der Waals surface area contributed by atoms with Gasteiger partial charge in [-0.15, -0.1) is 0 Å². The maximum absolute atomic E-state index is 6.37. The summed E-state index contributed by atoms with van der Waals surface area (Å²) in [6.07, 6.45) is 0.855. The minimum atomic E-state index is -0.00444. The average molecular weight is 269 g/mol. The van der Waals surface area contributed by atoms with Crippen LogP contribution < -0.4 is 10.5 Å². The number of benzene rings is 2. The van der Waals surface area contributed by atoms with Crippen molar-refractivity contribution in [3.05, 3.63) is 64.7 Å². The molecule has 0 radical (unpaired) electrons. The van der Waals surface area contributed by atoms with Gasteiger partial charge in [-0.05, 0) is 61.6 Å². The lowest BCUT2D eigenvalue weighted by molar-refractivity contribution is 0.339. The highest BCUT2D eigenvalue weighted by atomic mass is 16.5. The van der Waals surface area contributed by atoms with Crippen molar-refractivity contribution in [2.45, 2.75) is 33.2 Å². The van der Waals surface area contributed by atoms with Crippen LogP contribution in [-0.2, 0) is 6.42 Å². The van der Waals surface area contributed by atoms with E-state index in [1.807, 2.05) is 25.1 Å². The van der Waals surface area contributed by atoms with Gasteiger partial charge in [-0.3, -0.25) is 0 Å². The van der Waals surface area contributed by atoms with E-state index in [4.69, 9.17) is 10.5 Å². The van der Waals surface area contributed by atoms with Crippen LogP contribution in [-0.4, -0.2) is 6.61 Å². The van der Waals surface area contributed by atoms with Gasteiger partial charge in [-0.1, -0.05) is 30.3 Å². The molecule has 1 unspecified atom stereocenters. The van der Waals surface area contributed by atoms with Gasteiger partial charge in [-0.25, -0.2) is 0 Å². The number of nitrogens with two attached hydrogens (primary N) is 1. The Balaban J connectivity index is 2.19. The fourth-order valence-corrected chi connectivity index (χ4v) is 2.51. The fourth-order valence-electron chi connectivity index (χ4n) is 2.51. The van der Waals surface area contributed by atoms with E-state index in [-0.39, 0.29) is 6.04 Å². The highest BCUT2D eigenvalue weighted by molar-refractivity contribution is 5.37. The van der Waals surface area contributed by atoms with Crippen molar-refractivity contribution in [3.8, 4) is 5.75 Å². The summed E-state index contributed by atoms with van der Waals surface area (Å²) < 4.78 is 5.54. The molecular weight excluding hydrogens is 246 g/mol. The van der Waals surface area contributed by atoms with Crippen LogP contribution in [0.15, 0.2) is 42.5 Å². The quantitative estimate of drug-likeness (QED) is 0.892. The van der Waals surface area contributed by atoms with Crippen molar-refractivity contribution in [1.82, 2.24) is 0 Å². The second-order valence-electron chi connectivity index (χ2n) is 5.19. The lowest BCUT2D eigenvalue weighted by atomic mass is 9.93. The predicted octanol–water partition coefficient (Wildman–Crippen LogP) is 3.94. The van der Waals surface area contributed by atoms with Gasteiger partial charge in [0.1, 0.15) is 5.75 Å². The van der Waals surface area contributed by atoms with E-state index in [0.717, 1.165) is 17.7 Å². The first-order chi connectivity index (χ1) is 9.61. The lowest BCUT2D eigenvalue weighted by Gasteiger charge is -2.17. The zero-order valence-corrected chi connectivity index (χ0v) is 12.5. The summed E-state index contributed by atoms with van der Waals surface area (Å²) in [4.78, 5) is 0. The van der Waals surface area contributed by atoms with Gasteiger partial charge >= 0.3 is 0 Å². The van der Waals surface area contributed by atoms with Gasteiger partial charge in [0.05, 0.1) is 6.61 Å². The number of hydrogen-bond donors (Lipinski definition) is 1. The Morgan fingerprint density at radius 1 is 1.05 bits per heavy atom. The minimum Gasteiger partial charge on any atom is -0.494 e. The van der Waals surface area contributed by atoms with E-state index < -0.39 is 0 Å². The number of hydrogen-bond acceptors (Lipinski definition) is 2. The molecule has 0 aliphatic carbocycles. The normalized spacial score (nSPS) is 12.2. The predicted molar refractivity (Wildman–Crippen MR) is 84.2 cm³/mol. The average Bonchev–Trinajstić information content (AvgIpc) is 2.43. The third-order valence-corrected chi connectivity index (χ3v) is 3.67. The first kappa shape index (κ1) is 14.6. The molecule has 2 aromatic carbocycles. The van der Waals surface area contributed by atoms with E-state index in [0.29, 0.717) is 6.61 Å². The van der Waals surface area contributed by atoms with Gasteiger partial charge in [-0.2, -0.15) is 0 Å². The lowest BCUT2D eigenvalue weighted by Crippen LogP contribution is -2.15. The number of aryl methyl sites for hydroxylation is 2. The topological polar surface area (TPSA) is 35.2 Å². The van der Waals surface area contributed by atoms with E-state index in [2.05, 4.69) is 38.1 Å². The molecule has 0 saturated carbocycles. The van der Waals surface area contributed by atoms with Crippen molar-refractivity contribution in [2.75, 3.05) is 6.61 Å². The summed E-state index contributed by atoms with van der Waals surface area (Å²) >= 11 is 0. The number of rotatable bonds is 5. The Labute approximate surface area is 121 Å².